The van der Waals surface area contributed by atoms with Crippen LogP contribution >= 0.6 is 0 Å². The maximum atomic E-state index is 12.5. The summed E-state index contributed by atoms with van der Waals surface area (Å²) in [7, 11) is 0. The molecule has 2 heterocycles. The first-order valence-electron chi connectivity index (χ1n) is 10.3. The number of carbonyl (C=O) groups is 1. The quantitative estimate of drug-likeness (QED) is 0.534. The lowest BCUT2D eigenvalue weighted by Gasteiger charge is -2.12. The molecule has 3 aromatic rings. The first-order chi connectivity index (χ1) is 15.9. The van der Waals surface area contributed by atoms with Crippen LogP contribution in [0.4, 0.5) is 24.7 Å². The molecule has 0 spiro atoms. The third-order valence-electron chi connectivity index (χ3n) is 4.96. The molecule has 172 valence electrons. The molecule has 0 saturated carbocycles. The van der Waals surface area contributed by atoms with Gasteiger partial charge in [-0.05, 0) is 49.2 Å². The Bertz CT molecular complexity index is 1100. The van der Waals surface area contributed by atoms with Crippen LogP contribution in [0.1, 0.15) is 23.2 Å². The largest absolute Gasteiger partial charge is 0.573 e. The van der Waals surface area contributed by atoms with Crippen molar-refractivity contribution in [2.45, 2.75) is 25.3 Å². The van der Waals surface area contributed by atoms with Crippen molar-refractivity contribution in [3.05, 3.63) is 66.5 Å². The summed E-state index contributed by atoms with van der Waals surface area (Å²) in [5.41, 5.74) is 2.33. The molecule has 1 atom stereocenters. The van der Waals surface area contributed by atoms with Crippen molar-refractivity contribution in [1.82, 2.24) is 15.3 Å². The van der Waals surface area contributed by atoms with Crippen LogP contribution in [0.5, 0.6) is 5.75 Å². The molecule has 1 aliphatic rings. The zero-order chi connectivity index (χ0) is 23.3. The molecule has 1 amide bonds. The van der Waals surface area contributed by atoms with Gasteiger partial charge >= 0.3 is 6.36 Å². The van der Waals surface area contributed by atoms with Crippen LogP contribution in [0.3, 0.4) is 0 Å². The van der Waals surface area contributed by atoms with E-state index < -0.39 is 6.36 Å². The minimum absolute atomic E-state index is 0.0571. The van der Waals surface area contributed by atoms with Gasteiger partial charge in [0.05, 0.1) is 11.8 Å². The Kier molecular flexibility index (Phi) is 6.74. The van der Waals surface area contributed by atoms with Crippen LogP contribution in [0.2, 0.25) is 0 Å². The fourth-order valence-electron chi connectivity index (χ4n) is 3.41. The normalized spacial score (nSPS) is 15.8. The number of ether oxygens (including phenoxy) is 2. The van der Waals surface area contributed by atoms with Gasteiger partial charge in [0.1, 0.15) is 17.9 Å². The van der Waals surface area contributed by atoms with Gasteiger partial charge < -0.3 is 20.1 Å². The summed E-state index contributed by atoms with van der Waals surface area (Å²) in [6.07, 6.45) is -1.38. The third kappa shape index (κ3) is 6.42. The molecule has 4 rings (SSSR count). The second kappa shape index (κ2) is 9.86. The van der Waals surface area contributed by atoms with Gasteiger partial charge in [-0.3, -0.25) is 4.79 Å². The van der Waals surface area contributed by atoms with E-state index in [1.165, 1.54) is 30.6 Å². The number of nitrogens with one attached hydrogen (secondary N) is 2. The Morgan fingerprint density at radius 2 is 1.94 bits per heavy atom. The molecule has 7 nitrogen and oxygen atoms in total. The van der Waals surface area contributed by atoms with Crippen LogP contribution in [-0.2, 0) is 4.74 Å². The van der Waals surface area contributed by atoms with Crippen LogP contribution < -0.4 is 15.4 Å². The van der Waals surface area contributed by atoms with Crippen LogP contribution in [0.15, 0.2) is 60.9 Å². The number of amides is 1. The van der Waals surface area contributed by atoms with Crippen molar-refractivity contribution in [3.8, 4) is 17.0 Å². The molecule has 10 heteroatoms. The number of rotatable bonds is 7. The number of benzene rings is 2. The van der Waals surface area contributed by atoms with Crippen molar-refractivity contribution in [2.24, 2.45) is 0 Å². The molecular formula is C23H21F3N4O3. The lowest BCUT2D eigenvalue weighted by atomic mass is 10.1. The summed E-state index contributed by atoms with van der Waals surface area (Å²) < 4.78 is 46.3. The Morgan fingerprint density at radius 1 is 1.12 bits per heavy atom. The monoisotopic (exact) mass is 458 g/mol. The molecule has 2 aromatic carbocycles. The van der Waals surface area contributed by atoms with Gasteiger partial charge in [0, 0.05) is 36.0 Å². The van der Waals surface area contributed by atoms with Crippen molar-refractivity contribution in [3.63, 3.8) is 0 Å². The highest BCUT2D eigenvalue weighted by atomic mass is 19.4. The van der Waals surface area contributed by atoms with Gasteiger partial charge in [0.15, 0.2) is 0 Å². The molecule has 0 radical (unpaired) electrons. The van der Waals surface area contributed by atoms with Crippen LogP contribution in [0, 0.1) is 0 Å². The molecular weight excluding hydrogens is 437 g/mol. The Balaban J connectivity index is 1.43. The zero-order valence-electron chi connectivity index (χ0n) is 17.4. The predicted molar refractivity (Wildman–Crippen MR) is 115 cm³/mol. The first-order valence-corrected chi connectivity index (χ1v) is 10.3. The summed E-state index contributed by atoms with van der Waals surface area (Å²) in [6, 6.07) is 14.0. The summed E-state index contributed by atoms with van der Waals surface area (Å²) in [5.74, 6) is -0.0651. The molecule has 1 aromatic heterocycles. The smallest absolute Gasteiger partial charge is 0.406 e. The molecule has 1 unspecified atom stereocenters. The lowest BCUT2D eigenvalue weighted by Crippen LogP contribution is -2.31. The van der Waals surface area contributed by atoms with E-state index in [0.717, 1.165) is 25.0 Å². The van der Waals surface area contributed by atoms with E-state index in [4.69, 9.17) is 4.74 Å². The van der Waals surface area contributed by atoms with Crippen molar-refractivity contribution < 1.29 is 27.4 Å². The van der Waals surface area contributed by atoms with E-state index in [-0.39, 0.29) is 17.8 Å². The van der Waals surface area contributed by atoms with Gasteiger partial charge in [-0.25, -0.2) is 9.97 Å². The van der Waals surface area contributed by atoms with Crippen molar-refractivity contribution >= 4 is 17.4 Å². The van der Waals surface area contributed by atoms with Gasteiger partial charge in [-0.1, -0.05) is 12.1 Å². The van der Waals surface area contributed by atoms with Crippen LogP contribution in [0.25, 0.3) is 11.3 Å². The first kappa shape index (κ1) is 22.5. The lowest BCUT2D eigenvalue weighted by molar-refractivity contribution is -0.274. The molecule has 1 aliphatic heterocycles. The summed E-state index contributed by atoms with van der Waals surface area (Å²) >= 11 is 0. The zero-order valence-corrected chi connectivity index (χ0v) is 17.4. The maximum absolute atomic E-state index is 12.5. The second-order valence-electron chi connectivity index (χ2n) is 7.41. The topological polar surface area (TPSA) is 85.4 Å². The van der Waals surface area contributed by atoms with E-state index >= 15 is 0 Å². The molecule has 1 fully saturated rings. The van der Waals surface area contributed by atoms with E-state index in [1.807, 2.05) is 6.07 Å². The SMILES string of the molecule is O=C(NCC1CCCO1)c1cccc(-c2cc(Nc3ccc(OC(F)(F)F)cc3)ncn2)c1. The van der Waals surface area contributed by atoms with E-state index in [0.29, 0.717) is 29.3 Å². The number of alkyl halides is 3. The Morgan fingerprint density at radius 3 is 2.67 bits per heavy atom. The summed E-state index contributed by atoms with van der Waals surface area (Å²) in [5, 5.41) is 5.90. The minimum Gasteiger partial charge on any atom is -0.406 e. The van der Waals surface area contributed by atoms with E-state index in [9.17, 15) is 18.0 Å². The third-order valence-corrected chi connectivity index (χ3v) is 4.96. The number of nitrogens with zero attached hydrogens (tertiary/aromatic N) is 2. The highest BCUT2D eigenvalue weighted by Crippen LogP contribution is 2.26. The number of hydrogen-bond donors (Lipinski definition) is 2. The molecule has 0 aliphatic carbocycles. The fourth-order valence-corrected chi connectivity index (χ4v) is 3.41. The van der Waals surface area contributed by atoms with E-state index in [2.05, 4.69) is 25.3 Å². The van der Waals surface area contributed by atoms with Crippen molar-refractivity contribution in [1.29, 1.82) is 0 Å². The van der Waals surface area contributed by atoms with Gasteiger partial charge in [0.25, 0.3) is 5.91 Å². The second-order valence-corrected chi connectivity index (χ2v) is 7.41. The fraction of sp³-hybridized carbons (Fsp3) is 0.261. The van der Waals surface area contributed by atoms with E-state index in [1.54, 1.807) is 24.3 Å². The predicted octanol–water partition coefficient (Wildman–Crippen LogP) is 4.69. The highest BCUT2D eigenvalue weighted by Gasteiger charge is 2.30. The molecule has 0 bridgehead atoms. The van der Waals surface area contributed by atoms with Crippen molar-refractivity contribution in [2.75, 3.05) is 18.5 Å². The number of halogens is 3. The Labute approximate surface area is 188 Å². The average molecular weight is 458 g/mol. The van der Waals surface area contributed by atoms with Gasteiger partial charge in [-0.15, -0.1) is 13.2 Å². The summed E-state index contributed by atoms with van der Waals surface area (Å²) in [6.45, 7) is 1.20. The highest BCUT2D eigenvalue weighted by molar-refractivity contribution is 5.95. The number of hydrogen-bond acceptors (Lipinski definition) is 6. The molecule has 1 saturated heterocycles. The number of carbonyl (C=O) groups excluding carboxylic acids is 1. The molecule has 2 N–H and O–H groups in total. The average Bonchev–Trinajstić information content (AvgIpc) is 3.32. The number of aromatic nitrogens is 2. The maximum Gasteiger partial charge on any atom is 0.573 e. The number of anilines is 2. The van der Waals surface area contributed by atoms with Gasteiger partial charge in [0.2, 0.25) is 0 Å². The van der Waals surface area contributed by atoms with Crippen LogP contribution in [-0.4, -0.2) is 41.5 Å². The Hall–Kier alpha value is -3.66. The minimum atomic E-state index is -4.74. The summed E-state index contributed by atoms with van der Waals surface area (Å²) in [4.78, 5) is 20.9. The molecule has 33 heavy (non-hydrogen) atoms. The standard InChI is InChI=1S/C23H21F3N4O3/c24-23(25,26)33-18-8-6-17(7-9-18)30-21-12-20(28-14-29-21)15-3-1-4-16(11-15)22(31)27-13-19-5-2-10-32-19/h1,3-4,6-9,11-12,14,19H,2,5,10,13H2,(H,27,31)(H,28,29,30). The van der Waals surface area contributed by atoms with Gasteiger partial charge in [-0.2, -0.15) is 0 Å².